The van der Waals surface area contributed by atoms with E-state index < -0.39 is 0 Å². The zero-order chi connectivity index (χ0) is 12.1. The first-order valence-electron chi connectivity index (χ1n) is 7.30. The Bertz CT molecular complexity index is 216. The molecule has 1 heterocycles. The summed E-state index contributed by atoms with van der Waals surface area (Å²) in [7, 11) is 4.42. The lowest BCUT2D eigenvalue weighted by atomic mass is 9.90. The van der Waals surface area contributed by atoms with Crippen LogP contribution in [0.1, 0.15) is 44.9 Å². The Morgan fingerprint density at radius 2 is 1.82 bits per heavy atom. The van der Waals surface area contributed by atoms with Gasteiger partial charge in [-0.3, -0.25) is 4.90 Å². The first-order chi connectivity index (χ1) is 8.33. The van der Waals surface area contributed by atoms with E-state index in [2.05, 4.69) is 24.3 Å². The number of likely N-dealkylation sites (N-methyl/N-ethyl adjacent to an activating group) is 2. The quantitative estimate of drug-likeness (QED) is 0.817. The van der Waals surface area contributed by atoms with Crippen molar-refractivity contribution in [1.29, 1.82) is 0 Å². The highest BCUT2D eigenvalue weighted by Crippen LogP contribution is 2.24. The van der Waals surface area contributed by atoms with Crippen LogP contribution in [0.5, 0.6) is 0 Å². The van der Waals surface area contributed by atoms with Gasteiger partial charge in [-0.2, -0.15) is 0 Å². The Kier molecular flexibility index (Phi) is 5.26. The van der Waals surface area contributed by atoms with Crippen LogP contribution in [-0.2, 0) is 4.74 Å². The first kappa shape index (κ1) is 13.3. The summed E-state index contributed by atoms with van der Waals surface area (Å²) in [5.41, 5.74) is 0. The minimum Gasteiger partial charge on any atom is -0.380 e. The Morgan fingerprint density at radius 1 is 1.06 bits per heavy atom. The van der Waals surface area contributed by atoms with E-state index in [4.69, 9.17) is 4.74 Å². The summed E-state index contributed by atoms with van der Waals surface area (Å²) < 4.78 is 5.53. The van der Waals surface area contributed by atoms with Crippen LogP contribution in [-0.4, -0.2) is 50.3 Å². The zero-order valence-corrected chi connectivity index (χ0v) is 11.5. The minimum atomic E-state index is 0.648. The molecule has 0 aromatic carbocycles. The van der Waals surface area contributed by atoms with E-state index in [1.54, 1.807) is 0 Å². The number of rotatable bonds is 3. The Morgan fingerprint density at radius 3 is 2.47 bits per heavy atom. The van der Waals surface area contributed by atoms with Crippen LogP contribution in [0.25, 0.3) is 0 Å². The van der Waals surface area contributed by atoms with Gasteiger partial charge in [-0.15, -0.1) is 0 Å². The average Bonchev–Trinajstić information content (AvgIpc) is 2.82. The molecule has 2 rings (SSSR count). The predicted molar refractivity (Wildman–Crippen MR) is 71.3 cm³/mol. The van der Waals surface area contributed by atoms with Crippen LogP contribution >= 0.6 is 0 Å². The Labute approximate surface area is 106 Å². The average molecular weight is 240 g/mol. The van der Waals surface area contributed by atoms with Gasteiger partial charge in [0.1, 0.15) is 0 Å². The van der Waals surface area contributed by atoms with Crippen molar-refractivity contribution in [3.05, 3.63) is 0 Å². The SMILES string of the molecule is CNC1CCCCCCC1N(C)C1CCOC1. The van der Waals surface area contributed by atoms with Crippen molar-refractivity contribution in [2.75, 3.05) is 27.3 Å². The third-order valence-corrected chi connectivity index (χ3v) is 4.61. The molecule has 2 fully saturated rings. The van der Waals surface area contributed by atoms with Crippen molar-refractivity contribution in [3.63, 3.8) is 0 Å². The predicted octanol–water partition coefficient (Wildman–Crippen LogP) is 2.02. The largest absolute Gasteiger partial charge is 0.380 e. The fourth-order valence-corrected chi connectivity index (χ4v) is 3.40. The number of hydrogen-bond donors (Lipinski definition) is 1. The van der Waals surface area contributed by atoms with E-state index in [-0.39, 0.29) is 0 Å². The first-order valence-corrected chi connectivity index (χ1v) is 7.30. The van der Waals surface area contributed by atoms with E-state index in [1.807, 2.05) is 0 Å². The summed E-state index contributed by atoms with van der Waals surface area (Å²) in [5.74, 6) is 0. The van der Waals surface area contributed by atoms with Crippen molar-refractivity contribution in [1.82, 2.24) is 10.2 Å². The molecule has 2 aliphatic rings. The lowest BCUT2D eigenvalue weighted by Gasteiger charge is -2.39. The second-order valence-corrected chi connectivity index (χ2v) is 5.64. The number of nitrogens with one attached hydrogen (secondary N) is 1. The van der Waals surface area contributed by atoms with Gasteiger partial charge in [-0.25, -0.2) is 0 Å². The van der Waals surface area contributed by atoms with E-state index in [9.17, 15) is 0 Å². The Balaban J connectivity index is 1.96. The van der Waals surface area contributed by atoms with Crippen LogP contribution in [0.4, 0.5) is 0 Å². The third-order valence-electron chi connectivity index (χ3n) is 4.61. The zero-order valence-electron chi connectivity index (χ0n) is 11.5. The monoisotopic (exact) mass is 240 g/mol. The molecule has 3 heteroatoms. The summed E-state index contributed by atoms with van der Waals surface area (Å²) in [4.78, 5) is 2.60. The van der Waals surface area contributed by atoms with Crippen molar-refractivity contribution in [3.8, 4) is 0 Å². The molecule has 0 bridgehead atoms. The second-order valence-electron chi connectivity index (χ2n) is 5.64. The number of ether oxygens (including phenoxy) is 1. The van der Waals surface area contributed by atoms with Gasteiger partial charge >= 0.3 is 0 Å². The fraction of sp³-hybridized carbons (Fsp3) is 1.00. The highest BCUT2D eigenvalue weighted by molar-refractivity contribution is 4.88. The molecule has 0 aromatic heterocycles. The van der Waals surface area contributed by atoms with Crippen LogP contribution in [0.2, 0.25) is 0 Å². The molecule has 1 N–H and O–H groups in total. The normalized spacial score (nSPS) is 35.8. The molecule has 1 saturated heterocycles. The van der Waals surface area contributed by atoms with E-state index >= 15 is 0 Å². The molecular formula is C14H28N2O. The molecule has 0 radical (unpaired) electrons. The van der Waals surface area contributed by atoms with Crippen molar-refractivity contribution >= 4 is 0 Å². The highest BCUT2D eigenvalue weighted by atomic mass is 16.5. The summed E-state index contributed by atoms with van der Waals surface area (Å²) in [6.45, 7) is 1.88. The van der Waals surface area contributed by atoms with Gasteiger partial charge in [0.25, 0.3) is 0 Å². The molecule has 0 amide bonds. The maximum absolute atomic E-state index is 5.53. The van der Waals surface area contributed by atoms with Gasteiger partial charge < -0.3 is 10.1 Å². The Hall–Kier alpha value is -0.120. The van der Waals surface area contributed by atoms with Gasteiger partial charge in [0.05, 0.1) is 6.61 Å². The molecule has 3 nitrogen and oxygen atoms in total. The smallest absolute Gasteiger partial charge is 0.0622 e. The molecule has 0 spiro atoms. The topological polar surface area (TPSA) is 24.5 Å². The molecule has 0 aromatic rings. The number of nitrogens with zero attached hydrogens (tertiary/aromatic N) is 1. The van der Waals surface area contributed by atoms with Gasteiger partial charge in [0, 0.05) is 24.7 Å². The van der Waals surface area contributed by atoms with Crippen LogP contribution in [0.15, 0.2) is 0 Å². The van der Waals surface area contributed by atoms with E-state index in [0.717, 1.165) is 13.2 Å². The van der Waals surface area contributed by atoms with Crippen LogP contribution < -0.4 is 5.32 Å². The third kappa shape index (κ3) is 3.43. The highest BCUT2D eigenvalue weighted by Gasteiger charge is 2.31. The summed E-state index contributed by atoms with van der Waals surface area (Å²) >= 11 is 0. The molecule has 3 atom stereocenters. The maximum Gasteiger partial charge on any atom is 0.0622 e. The lowest BCUT2D eigenvalue weighted by Crippen LogP contribution is -2.51. The molecule has 100 valence electrons. The van der Waals surface area contributed by atoms with Crippen molar-refractivity contribution in [2.24, 2.45) is 0 Å². The standard InChI is InChI=1S/C14H28N2O/c1-15-13-7-5-3-4-6-8-14(13)16(2)12-9-10-17-11-12/h12-15H,3-11H2,1-2H3. The van der Waals surface area contributed by atoms with Crippen LogP contribution in [0, 0.1) is 0 Å². The summed E-state index contributed by atoms with van der Waals surface area (Å²) in [6.07, 6.45) is 9.50. The van der Waals surface area contributed by atoms with Gasteiger partial charge in [0.2, 0.25) is 0 Å². The van der Waals surface area contributed by atoms with Crippen molar-refractivity contribution < 1.29 is 4.74 Å². The van der Waals surface area contributed by atoms with E-state index in [1.165, 1.54) is 44.9 Å². The molecule has 1 aliphatic carbocycles. The maximum atomic E-state index is 5.53. The fourth-order valence-electron chi connectivity index (χ4n) is 3.40. The summed E-state index contributed by atoms with van der Waals surface area (Å²) in [5, 5.41) is 3.54. The summed E-state index contributed by atoms with van der Waals surface area (Å²) in [6, 6.07) is 2.02. The van der Waals surface area contributed by atoms with E-state index in [0.29, 0.717) is 18.1 Å². The minimum absolute atomic E-state index is 0.648. The van der Waals surface area contributed by atoms with Gasteiger partial charge in [-0.05, 0) is 33.4 Å². The lowest BCUT2D eigenvalue weighted by molar-refractivity contribution is 0.101. The second kappa shape index (κ2) is 6.72. The molecular weight excluding hydrogens is 212 g/mol. The molecule has 17 heavy (non-hydrogen) atoms. The van der Waals surface area contributed by atoms with Crippen molar-refractivity contribution in [2.45, 2.75) is 63.1 Å². The van der Waals surface area contributed by atoms with Gasteiger partial charge in [-0.1, -0.05) is 25.7 Å². The van der Waals surface area contributed by atoms with Gasteiger partial charge in [0.15, 0.2) is 0 Å². The molecule has 1 saturated carbocycles. The molecule has 3 unspecified atom stereocenters. The number of hydrogen-bond acceptors (Lipinski definition) is 3. The van der Waals surface area contributed by atoms with Crippen LogP contribution in [0.3, 0.4) is 0 Å². The molecule has 1 aliphatic heterocycles.